The molecular formula is C10H13N5O9P2Se-2. The van der Waals surface area contributed by atoms with Gasteiger partial charge in [-0.05, 0) is 0 Å². The minimum absolute atomic E-state index is 0.111. The first kappa shape index (κ1) is 20.9. The maximum atomic E-state index is 10.6. The number of fused-ring (bicyclic) bond motifs is 1. The monoisotopic (exact) mass is 489 g/mol. The number of imidazole rings is 1. The summed E-state index contributed by atoms with van der Waals surface area (Å²) in [6.07, 6.45) is -2.77. The summed E-state index contributed by atoms with van der Waals surface area (Å²) in [5.41, 5.74) is 6.20. The summed E-state index contributed by atoms with van der Waals surface area (Å²) in [5.74, 6) is 0.111. The zero-order valence-corrected chi connectivity index (χ0v) is 16.6. The normalized spacial score (nSPS) is 28.5. The van der Waals surface area contributed by atoms with Crippen molar-refractivity contribution in [1.82, 2.24) is 19.5 Å². The molecule has 1 fully saturated rings. The molecule has 2 aromatic heterocycles. The van der Waals surface area contributed by atoms with E-state index >= 15 is 0 Å². The summed E-state index contributed by atoms with van der Waals surface area (Å²) < 4.78 is 26.2. The zero-order chi connectivity index (χ0) is 20.0. The summed E-state index contributed by atoms with van der Waals surface area (Å²) in [5, 5.41) is 20.4. The van der Waals surface area contributed by atoms with Crippen LogP contribution in [0, 0.1) is 0 Å². The Kier molecular flexibility index (Phi) is 5.86. The molecule has 5 atom stereocenters. The van der Waals surface area contributed by atoms with Crippen molar-refractivity contribution >= 4 is 47.0 Å². The second-order valence-corrected chi connectivity index (χ2v) is 11.1. The molecule has 150 valence electrons. The Morgan fingerprint density at radius 2 is 2.07 bits per heavy atom. The van der Waals surface area contributed by atoms with Crippen LogP contribution in [0.5, 0.6) is 0 Å². The predicted molar refractivity (Wildman–Crippen MR) is 85.2 cm³/mol. The van der Waals surface area contributed by atoms with E-state index < -0.39 is 45.6 Å². The molecule has 1 aliphatic heterocycles. The van der Waals surface area contributed by atoms with Gasteiger partial charge in [-0.15, -0.1) is 0 Å². The van der Waals surface area contributed by atoms with Gasteiger partial charge in [0.05, 0.1) is 0 Å². The van der Waals surface area contributed by atoms with Gasteiger partial charge in [0.2, 0.25) is 0 Å². The first-order valence-electron chi connectivity index (χ1n) is 7.14. The Morgan fingerprint density at radius 3 is 2.74 bits per heavy atom. The molecule has 14 nitrogen and oxygen atoms in total. The number of phosphoric acid groups is 1. The van der Waals surface area contributed by atoms with Crippen molar-refractivity contribution in [2.24, 2.45) is 0 Å². The van der Waals surface area contributed by atoms with Crippen molar-refractivity contribution in [2.75, 3.05) is 12.3 Å². The second-order valence-electron chi connectivity index (χ2n) is 5.42. The number of aromatic nitrogens is 4. The number of aliphatic hydroxyl groups excluding tert-OH is 2. The van der Waals surface area contributed by atoms with Gasteiger partial charge in [-0.25, -0.2) is 0 Å². The van der Waals surface area contributed by atoms with E-state index in [1.165, 1.54) is 17.2 Å². The number of anilines is 1. The molecule has 17 heteroatoms. The molecule has 0 radical (unpaired) electrons. The fraction of sp³-hybridized carbons (Fsp3) is 0.500. The molecule has 27 heavy (non-hydrogen) atoms. The molecule has 0 spiro atoms. The van der Waals surface area contributed by atoms with Crippen LogP contribution in [0.4, 0.5) is 5.82 Å². The fourth-order valence-corrected chi connectivity index (χ4v) is 5.93. The molecule has 3 rings (SSSR count). The summed E-state index contributed by atoms with van der Waals surface area (Å²) in [7, 11) is -5.51. The number of aliphatic hydroxyl groups is 2. The fourth-order valence-electron chi connectivity index (χ4n) is 2.47. The molecule has 5 N–H and O–H groups in total. The van der Waals surface area contributed by atoms with Crippen molar-refractivity contribution in [3.05, 3.63) is 12.7 Å². The third kappa shape index (κ3) is 4.62. The van der Waals surface area contributed by atoms with Crippen molar-refractivity contribution in [2.45, 2.75) is 24.5 Å². The molecule has 1 aliphatic rings. The van der Waals surface area contributed by atoms with E-state index in [-0.39, 0.29) is 17.0 Å². The van der Waals surface area contributed by atoms with E-state index in [1.807, 2.05) is 15.6 Å². The Hall–Kier alpha value is -0.791. The van der Waals surface area contributed by atoms with Crippen molar-refractivity contribution < 1.29 is 43.0 Å². The Bertz CT molecular complexity index is 878. The number of nitrogen functional groups attached to an aromatic ring is 1. The predicted octanol–water partition coefficient (Wildman–Crippen LogP) is -3.27. The van der Waals surface area contributed by atoms with Gasteiger partial charge < -0.3 is 0 Å². The van der Waals surface area contributed by atoms with Gasteiger partial charge in [0.1, 0.15) is 0 Å². The van der Waals surface area contributed by atoms with E-state index in [4.69, 9.17) is 15.0 Å². The van der Waals surface area contributed by atoms with Crippen LogP contribution in [0.1, 0.15) is 6.23 Å². The number of hydrogen-bond acceptors (Lipinski definition) is 13. The second kappa shape index (κ2) is 7.56. The first-order valence-corrected chi connectivity index (χ1v) is 12.4. The van der Waals surface area contributed by atoms with E-state index in [1.54, 1.807) is 0 Å². The molecule has 1 unspecified atom stereocenters. The van der Waals surface area contributed by atoms with Crippen LogP contribution in [-0.4, -0.2) is 75.1 Å². The Balaban J connectivity index is 1.74. The molecule has 1 saturated heterocycles. The van der Waals surface area contributed by atoms with E-state index in [0.717, 1.165) is 0 Å². The number of hydrogen-bond donors (Lipinski definition) is 4. The van der Waals surface area contributed by atoms with Crippen molar-refractivity contribution in [3.63, 3.8) is 0 Å². The molecule has 0 bridgehead atoms. The SMILES string of the molecule is Nc1ncnc2c1ncn2[C@@H]1O[C@H](CO[P+](O)([Se-])OP(=O)([O-])[O-])[C@@H](O)[C@H]1O. The number of rotatable bonds is 6. The van der Waals surface area contributed by atoms with Gasteiger partial charge in [0.25, 0.3) is 0 Å². The van der Waals surface area contributed by atoms with Gasteiger partial charge in [0.15, 0.2) is 0 Å². The summed E-state index contributed by atoms with van der Waals surface area (Å²) in [6, 6.07) is 0. The van der Waals surface area contributed by atoms with Gasteiger partial charge in [-0.3, -0.25) is 0 Å². The van der Waals surface area contributed by atoms with Crippen LogP contribution in [-0.2, 0) is 18.1 Å². The quantitative estimate of drug-likeness (QED) is 0.232. The average molecular weight is 488 g/mol. The third-order valence-corrected chi connectivity index (χ3v) is 7.63. The first-order chi connectivity index (χ1) is 12.5. The summed E-state index contributed by atoms with van der Waals surface area (Å²) in [6.45, 7) is -4.72. The molecule has 0 amide bonds. The van der Waals surface area contributed by atoms with Gasteiger partial charge in [-0.1, -0.05) is 0 Å². The van der Waals surface area contributed by atoms with Crippen molar-refractivity contribution in [3.8, 4) is 0 Å². The Labute approximate surface area is 159 Å². The van der Waals surface area contributed by atoms with Crippen LogP contribution in [0.15, 0.2) is 12.7 Å². The molecule has 0 aromatic carbocycles. The van der Waals surface area contributed by atoms with Crippen LogP contribution in [0.3, 0.4) is 0 Å². The molecule has 0 aliphatic carbocycles. The van der Waals surface area contributed by atoms with E-state index in [9.17, 15) is 29.5 Å². The minimum atomic E-state index is -5.51. The summed E-state index contributed by atoms with van der Waals surface area (Å²) >= 11 is 1.93. The Morgan fingerprint density at radius 1 is 1.37 bits per heavy atom. The standard InChI is InChI=1S/C10H15N5O9P2Se/c11-8-5-9(13-2-12-8)15(3-14-5)10-7(17)6(16)4(23-10)1-22-26(21,27)24-25(18,19)20/h2-4,6-7,10,16-17H,1H2,(H,21,27)(H2,11,12,13)(H2,18,19,20)/p-2/t4-,6-,7-,10-,26?/m1/s1. The van der Waals surface area contributed by atoms with Gasteiger partial charge in [0, 0.05) is 0 Å². The zero-order valence-electron chi connectivity index (χ0n) is 13.1. The third-order valence-electron chi connectivity index (χ3n) is 3.60. The van der Waals surface area contributed by atoms with Crippen molar-refractivity contribution in [1.29, 1.82) is 0 Å². The van der Waals surface area contributed by atoms with E-state index in [0.29, 0.717) is 0 Å². The molecule has 0 saturated carbocycles. The molecular weight excluding hydrogens is 475 g/mol. The van der Waals surface area contributed by atoms with Gasteiger partial charge in [-0.2, -0.15) is 0 Å². The average Bonchev–Trinajstić information content (AvgIpc) is 3.07. The maximum absolute atomic E-state index is 10.6. The van der Waals surface area contributed by atoms with Gasteiger partial charge >= 0.3 is 159 Å². The van der Waals surface area contributed by atoms with Crippen LogP contribution in [0.25, 0.3) is 11.2 Å². The number of ether oxygens (including phenoxy) is 1. The number of nitrogens with two attached hydrogens (primary N) is 1. The summed E-state index contributed by atoms with van der Waals surface area (Å²) in [4.78, 5) is 42.7. The van der Waals surface area contributed by atoms with E-state index in [2.05, 4.69) is 19.3 Å². The molecule has 3 heterocycles. The van der Waals surface area contributed by atoms with Crippen LogP contribution < -0.4 is 15.5 Å². The topological polar surface area (TPSA) is 221 Å². The number of nitrogens with zero attached hydrogens (tertiary/aromatic N) is 4. The molecule has 2 aromatic rings. The van der Waals surface area contributed by atoms with Crippen LogP contribution >= 0.6 is 14.5 Å². The van der Waals surface area contributed by atoms with Crippen LogP contribution in [0.2, 0.25) is 0 Å².